The van der Waals surface area contributed by atoms with Gasteiger partial charge in [-0.2, -0.15) is 0 Å². The number of carbonyl (C=O) groups is 1. The van der Waals surface area contributed by atoms with Gasteiger partial charge in [-0.3, -0.25) is 10.0 Å². The molecule has 0 fully saturated rings. The van der Waals surface area contributed by atoms with Crippen LogP contribution >= 0.6 is 0 Å². The predicted octanol–water partition coefficient (Wildman–Crippen LogP) is -1.05. The number of nitrogens with one attached hydrogen (secondary N) is 1. The van der Waals surface area contributed by atoms with Gasteiger partial charge in [-0.1, -0.05) is 5.16 Å². The van der Waals surface area contributed by atoms with E-state index in [0.717, 1.165) is 0 Å². The third kappa shape index (κ3) is 2.71. The Bertz CT molecular complexity index is 88.9. The van der Waals surface area contributed by atoms with Gasteiger partial charge in [0.1, 0.15) is 6.21 Å². The van der Waals surface area contributed by atoms with E-state index >= 15 is 0 Å². The number of amides is 1. The van der Waals surface area contributed by atoms with Gasteiger partial charge in [0.05, 0.1) is 0 Å². The highest BCUT2D eigenvalue weighted by Gasteiger charge is 1.86. The van der Waals surface area contributed by atoms with Crippen LogP contribution in [0.1, 0.15) is 0 Å². The molecule has 0 heterocycles. The first-order chi connectivity index (χ1) is 3.31. The van der Waals surface area contributed by atoms with Crippen molar-refractivity contribution in [2.75, 3.05) is 0 Å². The Kier molecular flexibility index (Phi) is 2.62. The highest BCUT2D eigenvalue weighted by Crippen LogP contribution is 1.51. The van der Waals surface area contributed by atoms with Crippen LogP contribution in [0, 0.1) is 0 Å². The summed E-state index contributed by atoms with van der Waals surface area (Å²) in [5.74, 6) is -0.859. The molecular formula is C2H4N2O3. The maximum atomic E-state index is 9.74. The zero-order valence-electron chi connectivity index (χ0n) is 3.33. The third-order valence-corrected chi connectivity index (χ3v) is 0.285. The third-order valence-electron chi connectivity index (χ3n) is 0.285. The van der Waals surface area contributed by atoms with Crippen LogP contribution < -0.4 is 5.48 Å². The molecule has 1 amide bonds. The van der Waals surface area contributed by atoms with E-state index in [1.165, 1.54) is 5.48 Å². The van der Waals surface area contributed by atoms with Gasteiger partial charge in [0, 0.05) is 0 Å². The summed E-state index contributed by atoms with van der Waals surface area (Å²) >= 11 is 0. The molecule has 0 radical (unpaired) electrons. The van der Waals surface area contributed by atoms with E-state index < -0.39 is 5.91 Å². The van der Waals surface area contributed by atoms with Crippen molar-refractivity contribution in [1.29, 1.82) is 0 Å². The Balaban J connectivity index is 3.37. The van der Waals surface area contributed by atoms with Crippen molar-refractivity contribution in [2.24, 2.45) is 5.16 Å². The summed E-state index contributed by atoms with van der Waals surface area (Å²) in [6, 6.07) is 0. The molecule has 40 valence electrons. The molecule has 0 atom stereocenters. The molecule has 7 heavy (non-hydrogen) atoms. The van der Waals surface area contributed by atoms with Gasteiger partial charge in [-0.25, -0.2) is 5.48 Å². The maximum absolute atomic E-state index is 9.74. The van der Waals surface area contributed by atoms with Crippen LogP contribution in [0.2, 0.25) is 0 Å². The molecule has 0 aliphatic rings. The fourth-order valence-corrected chi connectivity index (χ4v) is 0.0813. The van der Waals surface area contributed by atoms with Crippen LogP contribution in [-0.4, -0.2) is 22.5 Å². The molecule has 0 rings (SSSR count). The van der Waals surface area contributed by atoms with Crippen molar-refractivity contribution >= 4 is 12.1 Å². The summed E-state index contributed by atoms with van der Waals surface area (Å²) in [7, 11) is 0. The van der Waals surface area contributed by atoms with E-state index in [2.05, 4.69) is 5.16 Å². The Hall–Kier alpha value is -1.10. The number of oxime groups is 1. The van der Waals surface area contributed by atoms with Crippen molar-refractivity contribution in [3.8, 4) is 0 Å². The molecule has 5 heteroatoms. The Labute approximate surface area is 39.2 Å². The fourth-order valence-electron chi connectivity index (χ4n) is 0.0813. The lowest BCUT2D eigenvalue weighted by atomic mass is 10.7. The maximum Gasteiger partial charge on any atom is 0.289 e. The summed E-state index contributed by atoms with van der Waals surface area (Å²) in [5, 5.41) is 17.5. The Morgan fingerprint density at radius 3 is 2.57 bits per heavy atom. The number of hydroxylamine groups is 1. The van der Waals surface area contributed by atoms with Gasteiger partial charge in [0.25, 0.3) is 5.91 Å². The van der Waals surface area contributed by atoms with Crippen molar-refractivity contribution in [3.05, 3.63) is 0 Å². The average molecular weight is 104 g/mol. The fraction of sp³-hybridized carbons (Fsp3) is 0. The van der Waals surface area contributed by atoms with E-state index in [4.69, 9.17) is 10.4 Å². The molecule has 0 aliphatic heterocycles. The first-order valence-corrected chi connectivity index (χ1v) is 1.42. The first-order valence-electron chi connectivity index (χ1n) is 1.42. The van der Waals surface area contributed by atoms with Gasteiger partial charge < -0.3 is 5.21 Å². The quantitative estimate of drug-likeness (QED) is 0.172. The van der Waals surface area contributed by atoms with Crippen LogP contribution in [0.25, 0.3) is 0 Å². The molecule has 0 aromatic heterocycles. The standard InChI is InChI=1S/C2H4N2O3/c5-2(4-7)1-3-6/h1,6-7H,(H,4,5)/b3-1+. The smallest absolute Gasteiger partial charge is 0.289 e. The number of hydrogen-bond donors (Lipinski definition) is 3. The molecular weight excluding hydrogens is 100 g/mol. The summed E-state index contributed by atoms with van der Waals surface area (Å²) in [5.41, 5.74) is 1.22. The van der Waals surface area contributed by atoms with Crippen molar-refractivity contribution in [1.82, 2.24) is 5.48 Å². The Morgan fingerprint density at radius 1 is 1.86 bits per heavy atom. The van der Waals surface area contributed by atoms with E-state index in [-0.39, 0.29) is 0 Å². The van der Waals surface area contributed by atoms with Crippen molar-refractivity contribution < 1.29 is 15.2 Å². The molecule has 0 aromatic rings. The lowest BCUT2D eigenvalue weighted by Gasteiger charge is -1.81. The van der Waals surface area contributed by atoms with E-state index in [9.17, 15) is 4.79 Å². The molecule has 5 nitrogen and oxygen atoms in total. The van der Waals surface area contributed by atoms with Crippen molar-refractivity contribution in [3.63, 3.8) is 0 Å². The molecule has 0 saturated carbocycles. The Morgan fingerprint density at radius 2 is 2.43 bits per heavy atom. The monoisotopic (exact) mass is 104 g/mol. The molecule has 0 aliphatic carbocycles. The highest BCUT2D eigenvalue weighted by atomic mass is 16.5. The zero-order chi connectivity index (χ0) is 5.70. The number of hydrogen-bond acceptors (Lipinski definition) is 4. The van der Waals surface area contributed by atoms with Gasteiger partial charge >= 0.3 is 0 Å². The summed E-state index contributed by atoms with van der Waals surface area (Å²) < 4.78 is 0. The lowest BCUT2D eigenvalue weighted by Crippen LogP contribution is -2.19. The molecule has 0 bridgehead atoms. The predicted molar refractivity (Wildman–Crippen MR) is 20.2 cm³/mol. The minimum atomic E-state index is -0.859. The minimum Gasteiger partial charge on any atom is -0.411 e. The second kappa shape index (κ2) is 3.10. The molecule has 0 spiro atoms. The average Bonchev–Trinajstić information content (AvgIpc) is 1.68. The van der Waals surface area contributed by atoms with Crippen LogP contribution in [0.15, 0.2) is 5.16 Å². The summed E-state index contributed by atoms with van der Waals surface area (Å²) in [6.07, 6.45) is 0.528. The van der Waals surface area contributed by atoms with Crippen LogP contribution in [-0.2, 0) is 4.79 Å². The second-order valence-electron chi connectivity index (χ2n) is 0.721. The second-order valence-corrected chi connectivity index (χ2v) is 0.721. The van der Waals surface area contributed by atoms with Gasteiger partial charge in [-0.15, -0.1) is 0 Å². The lowest BCUT2D eigenvalue weighted by molar-refractivity contribution is -0.122. The zero-order valence-corrected chi connectivity index (χ0v) is 3.33. The number of carbonyl (C=O) groups excluding carboxylic acids is 1. The largest absolute Gasteiger partial charge is 0.411 e. The number of nitrogens with zero attached hydrogens (tertiary/aromatic N) is 1. The van der Waals surface area contributed by atoms with Crippen LogP contribution in [0.3, 0.4) is 0 Å². The molecule has 0 saturated heterocycles. The van der Waals surface area contributed by atoms with E-state index in [0.29, 0.717) is 6.21 Å². The number of rotatable bonds is 1. The highest BCUT2D eigenvalue weighted by molar-refractivity contribution is 6.25. The van der Waals surface area contributed by atoms with Crippen LogP contribution in [0.5, 0.6) is 0 Å². The molecule has 3 N–H and O–H groups in total. The van der Waals surface area contributed by atoms with E-state index in [1.807, 2.05) is 0 Å². The van der Waals surface area contributed by atoms with Crippen LogP contribution in [0.4, 0.5) is 0 Å². The topological polar surface area (TPSA) is 81.9 Å². The summed E-state index contributed by atoms with van der Waals surface area (Å²) in [4.78, 5) is 9.74. The molecule has 0 aromatic carbocycles. The molecule has 0 unspecified atom stereocenters. The SMILES string of the molecule is O=C(/C=N/O)NO. The van der Waals surface area contributed by atoms with Gasteiger partial charge in [-0.05, 0) is 0 Å². The van der Waals surface area contributed by atoms with Crippen molar-refractivity contribution in [2.45, 2.75) is 0 Å². The summed E-state index contributed by atoms with van der Waals surface area (Å²) in [6.45, 7) is 0. The minimum absolute atomic E-state index is 0.528. The normalized spacial score (nSPS) is 9.29. The van der Waals surface area contributed by atoms with E-state index in [1.54, 1.807) is 0 Å². The first kappa shape index (κ1) is 5.90. The van der Waals surface area contributed by atoms with Gasteiger partial charge in [0.2, 0.25) is 0 Å². The van der Waals surface area contributed by atoms with Gasteiger partial charge in [0.15, 0.2) is 0 Å².